The van der Waals surface area contributed by atoms with Crippen molar-refractivity contribution in [3.63, 3.8) is 0 Å². The van der Waals surface area contributed by atoms with Crippen molar-refractivity contribution < 1.29 is 14.3 Å². The molecule has 94 valence electrons. The Bertz CT molecular complexity index is 395. The fourth-order valence-electron chi connectivity index (χ4n) is 1.20. The summed E-state index contributed by atoms with van der Waals surface area (Å²) >= 11 is 1.57. The zero-order chi connectivity index (χ0) is 12.8. The van der Waals surface area contributed by atoms with Gasteiger partial charge in [0.25, 0.3) is 0 Å². The first-order valence-corrected chi connectivity index (χ1v) is 6.11. The number of aromatic nitrogens is 1. The van der Waals surface area contributed by atoms with Crippen molar-refractivity contribution in [1.29, 1.82) is 0 Å². The number of hydrogen-bond acceptors (Lipinski definition) is 5. The fraction of sp³-hybridized carbons (Fsp3) is 0.545. The Morgan fingerprint density at radius 3 is 2.59 bits per heavy atom. The first-order valence-electron chi connectivity index (χ1n) is 5.29. The number of nitrogens with one attached hydrogen (secondary N) is 1. The molecule has 0 fully saturated rings. The van der Waals surface area contributed by atoms with E-state index >= 15 is 0 Å². The molecule has 0 aromatic carbocycles. The highest BCUT2D eigenvalue weighted by Crippen LogP contribution is 2.15. The lowest BCUT2D eigenvalue weighted by molar-refractivity contribution is -0.142. The number of methoxy groups -OCH3 is 1. The summed E-state index contributed by atoms with van der Waals surface area (Å²) in [6.45, 7) is 4.35. The van der Waals surface area contributed by atoms with Gasteiger partial charge in [0.1, 0.15) is 5.01 Å². The van der Waals surface area contributed by atoms with Crippen LogP contribution in [0, 0.1) is 13.8 Å². The van der Waals surface area contributed by atoms with Crippen LogP contribution < -0.4 is 5.32 Å². The van der Waals surface area contributed by atoms with Crippen LogP contribution in [0.2, 0.25) is 0 Å². The summed E-state index contributed by atoms with van der Waals surface area (Å²) in [5.74, 6) is -0.540. The number of nitrogens with zero attached hydrogens (tertiary/aromatic N) is 1. The van der Waals surface area contributed by atoms with Crippen molar-refractivity contribution in [3.8, 4) is 0 Å². The number of carbonyl (C=O) groups excluding carboxylic acids is 2. The number of aryl methyl sites for hydroxylation is 2. The van der Waals surface area contributed by atoms with Crippen LogP contribution in [0.15, 0.2) is 0 Å². The summed E-state index contributed by atoms with van der Waals surface area (Å²) in [5, 5.41) is 3.60. The molecule has 1 aromatic rings. The van der Waals surface area contributed by atoms with Crippen LogP contribution >= 0.6 is 11.3 Å². The van der Waals surface area contributed by atoms with Gasteiger partial charge in [-0.2, -0.15) is 0 Å². The minimum absolute atomic E-state index is 0.109. The monoisotopic (exact) mass is 256 g/mol. The molecule has 1 heterocycles. The van der Waals surface area contributed by atoms with Crippen LogP contribution in [0.5, 0.6) is 0 Å². The molecule has 1 rings (SSSR count). The molecule has 0 radical (unpaired) electrons. The molecule has 1 aromatic heterocycles. The Labute approximate surface area is 104 Å². The predicted octanol–water partition coefficient (Wildman–Crippen LogP) is 1.33. The van der Waals surface area contributed by atoms with Crippen molar-refractivity contribution in [3.05, 3.63) is 15.6 Å². The van der Waals surface area contributed by atoms with E-state index in [4.69, 9.17) is 0 Å². The molecule has 6 heteroatoms. The van der Waals surface area contributed by atoms with E-state index < -0.39 is 0 Å². The van der Waals surface area contributed by atoms with Crippen LogP contribution in [0.1, 0.15) is 28.4 Å². The summed E-state index contributed by atoms with van der Waals surface area (Å²) in [7, 11) is 1.31. The van der Waals surface area contributed by atoms with Gasteiger partial charge < -0.3 is 10.1 Å². The largest absolute Gasteiger partial charge is 0.469 e. The Morgan fingerprint density at radius 2 is 2.06 bits per heavy atom. The van der Waals surface area contributed by atoms with Crippen LogP contribution in [0.3, 0.4) is 0 Å². The van der Waals surface area contributed by atoms with Crippen molar-refractivity contribution in [2.45, 2.75) is 33.2 Å². The Morgan fingerprint density at radius 1 is 1.35 bits per heavy atom. The maximum absolute atomic E-state index is 11.4. The molecule has 0 bridgehead atoms. The van der Waals surface area contributed by atoms with Crippen LogP contribution in [0.4, 0.5) is 0 Å². The fourth-order valence-corrected chi connectivity index (χ4v) is 2.07. The molecule has 5 nitrogen and oxygen atoms in total. The third-order valence-corrected chi connectivity index (χ3v) is 3.37. The molecule has 0 atom stereocenters. The Kier molecular flexibility index (Phi) is 5.09. The molecule has 0 unspecified atom stereocenters. The maximum Gasteiger partial charge on any atom is 0.306 e. The first-order chi connectivity index (χ1) is 8.02. The van der Waals surface area contributed by atoms with E-state index in [1.54, 1.807) is 11.3 Å². The van der Waals surface area contributed by atoms with E-state index in [9.17, 15) is 9.59 Å². The predicted molar refractivity (Wildman–Crippen MR) is 64.7 cm³/mol. The van der Waals surface area contributed by atoms with Gasteiger partial charge in [-0.05, 0) is 13.8 Å². The second kappa shape index (κ2) is 6.34. The highest BCUT2D eigenvalue weighted by atomic mass is 32.1. The second-order valence-electron chi connectivity index (χ2n) is 3.60. The summed E-state index contributed by atoms with van der Waals surface area (Å²) in [5.41, 5.74) is 0.994. The van der Waals surface area contributed by atoms with Crippen LogP contribution in [-0.4, -0.2) is 24.0 Å². The molecular formula is C11H16N2O3S. The standard InChI is InChI=1S/C11H16N2O3S/c1-7-8(2)17-10(13-7)6-12-9(14)4-5-11(15)16-3/h4-6H2,1-3H3,(H,12,14). The minimum Gasteiger partial charge on any atom is -0.469 e. The van der Waals surface area contributed by atoms with Crippen molar-refractivity contribution in [2.24, 2.45) is 0 Å². The number of esters is 1. The average Bonchev–Trinajstić information content (AvgIpc) is 2.63. The molecule has 0 aliphatic heterocycles. The van der Waals surface area contributed by atoms with Gasteiger partial charge in [0.2, 0.25) is 5.91 Å². The van der Waals surface area contributed by atoms with Crippen LogP contribution in [0.25, 0.3) is 0 Å². The number of hydrogen-bond donors (Lipinski definition) is 1. The summed E-state index contributed by atoms with van der Waals surface area (Å²) in [4.78, 5) is 27.7. The Balaban J connectivity index is 2.31. The third-order valence-electron chi connectivity index (χ3n) is 2.29. The molecule has 1 N–H and O–H groups in total. The molecule has 0 aliphatic rings. The zero-order valence-electron chi connectivity index (χ0n) is 10.2. The SMILES string of the molecule is COC(=O)CCC(=O)NCc1nc(C)c(C)s1. The van der Waals surface area contributed by atoms with E-state index in [-0.39, 0.29) is 24.7 Å². The molecule has 17 heavy (non-hydrogen) atoms. The summed E-state index contributed by atoms with van der Waals surface area (Å²) in [6, 6.07) is 0. The normalized spacial score (nSPS) is 10.1. The van der Waals surface area contributed by atoms with E-state index in [2.05, 4.69) is 15.0 Å². The van der Waals surface area contributed by atoms with Crippen LogP contribution in [-0.2, 0) is 20.9 Å². The van der Waals surface area contributed by atoms with Crippen molar-refractivity contribution in [2.75, 3.05) is 7.11 Å². The number of carbonyl (C=O) groups is 2. The van der Waals surface area contributed by atoms with E-state index in [1.165, 1.54) is 7.11 Å². The third kappa shape index (κ3) is 4.52. The highest BCUT2D eigenvalue weighted by Gasteiger charge is 2.08. The van der Waals surface area contributed by atoms with Gasteiger partial charge in [-0.3, -0.25) is 9.59 Å². The number of amides is 1. The van der Waals surface area contributed by atoms with Gasteiger partial charge in [0, 0.05) is 11.3 Å². The lowest BCUT2D eigenvalue weighted by Crippen LogP contribution is -2.23. The molecule has 0 spiro atoms. The zero-order valence-corrected chi connectivity index (χ0v) is 11.0. The smallest absolute Gasteiger partial charge is 0.306 e. The minimum atomic E-state index is -0.374. The lowest BCUT2D eigenvalue weighted by Gasteiger charge is -2.02. The van der Waals surface area contributed by atoms with Gasteiger partial charge in [-0.25, -0.2) is 4.98 Å². The van der Waals surface area contributed by atoms with Gasteiger partial charge in [0.05, 0.1) is 25.8 Å². The maximum atomic E-state index is 11.4. The molecule has 1 amide bonds. The number of thiazole rings is 1. The van der Waals surface area contributed by atoms with Gasteiger partial charge in [-0.1, -0.05) is 0 Å². The number of rotatable bonds is 5. The van der Waals surface area contributed by atoms with Gasteiger partial charge in [0.15, 0.2) is 0 Å². The van der Waals surface area contributed by atoms with E-state index in [1.807, 2.05) is 13.8 Å². The average molecular weight is 256 g/mol. The highest BCUT2D eigenvalue weighted by molar-refractivity contribution is 7.11. The molecular weight excluding hydrogens is 240 g/mol. The number of ether oxygens (including phenoxy) is 1. The second-order valence-corrected chi connectivity index (χ2v) is 4.89. The van der Waals surface area contributed by atoms with Crippen molar-refractivity contribution >= 4 is 23.2 Å². The Hall–Kier alpha value is -1.43. The summed E-state index contributed by atoms with van der Waals surface area (Å²) < 4.78 is 4.45. The van der Waals surface area contributed by atoms with Crippen molar-refractivity contribution in [1.82, 2.24) is 10.3 Å². The summed E-state index contributed by atoms with van der Waals surface area (Å²) in [6.07, 6.45) is 0.258. The topological polar surface area (TPSA) is 68.3 Å². The van der Waals surface area contributed by atoms with E-state index in [0.29, 0.717) is 6.54 Å². The van der Waals surface area contributed by atoms with Gasteiger partial charge >= 0.3 is 5.97 Å². The van der Waals surface area contributed by atoms with E-state index in [0.717, 1.165) is 15.6 Å². The quantitative estimate of drug-likeness (QED) is 0.807. The first kappa shape index (κ1) is 13.6. The molecule has 0 aliphatic carbocycles. The van der Waals surface area contributed by atoms with Gasteiger partial charge in [-0.15, -0.1) is 11.3 Å². The molecule has 0 saturated carbocycles. The lowest BCUT2D eigenvalue weighted by atomic mass is 10.3. The molecule has 0 saturated heterocycles.